The van der Waals surface area contributed by atoms with Gasteiger partial charge in [-0.15, -0.1) is 0 Å². The van der Waals surface area contributed by atoms with Crippen molar-refractivity contribution < 1.29 is 4.79 Å². The summed E-state index contributed by atoms with van der Waals surface area (Å²) in [5, 5.41) is 0. The Kier molecular flexibility index (Phi) is 3.60. The molecule has 0 radical (unpaired) electrons. The van der Waals surface area contributed by atoms with Gasteiger partial charge >= 0.3 is 0 Å². The molecular formula is C19H16O. The van der Waals surface area contributed by atoms with Gasteiger partial charge in [0, 0.05) is 11.1 Å². The molecule has 2 aromatic rings. The minimum atomic E-state index is 0.112. The Morgan fingerprint density at radius 1 is 0.800 bits per heavy atom. The molecule has 2 aromatic carbocycles. The molecule has 20 heavy (non-hydrogen) atoms. The summed E-state index contributed by atoms with van der Waals surface area (Å²) in [5.74, 6) is 0.112. The van der Waals surface area contributed by atoms with Gasteiger partial charge in [-0.2, -0.15) is 0 Å². The lowest BCUT2D eigenvalue weighted by Crippen LogP contribution is -2.03. The Hall–Kier alpha value is -2.41. The van der Waals surface area contributed by atoms with Gasteiger partial charge in [-0.25, -0.2) is 0 Å². The van der Waals surface area contributed by atoms with Crippen molar-refractivity contribution in [1.82, 2.24) is 0 Å². The predicted molar refractivity (Wildman–Crippen MR) is 82.7 cm³/mol. The molecule has 0 aromatic heterocycles. The van der Waals surface area contributed by atoms with E-state index in [4.69, 9.17) is 0 Å². The van der Waals surface area contributed by atoms with Gasteiger partial charge in [0.1, 0.15) is 0 Å². The average molecular weight is 260 g/mol. The van der Waals surface area contributed by atoms with Gasteiger partial charge in [0.15, 0.2) is 5.78 Å². The number of allylic oxidation sites excluding steroid dienone is 4. The quantitative estimate of drug-likeness (QED) is 0.723. The normalized spacial score (nSPS) is 13.9. The molecule has 98 valence electrons. The molecule has 0 saturated carbocycles. The standard InChI is InChI=1S/C19H16O/c20-19(17-9-5-2-6-10-17)18-13-11-16(12-14-18)15-7-3-1-4-8-15/h1,3-5,7-14H,2,6H2. The van der Waals surface area contributed by atoms with E-state index in [0.29, 0.717) is 0 Å². The maximum absolute atomic E-state index is 12.3. The lowest BCUT2D eigenvalue weighted by molar-refractivity contribution is 0.103. The third-order valence-electron chi connectivity index (χ3n) is 3.51. The van der Waals surface area contributed by atoms with E-state index in [9.17, 15) is 4.79 Å². The van der Waals surface area contributed by atoms with Crippen molar-refractivity contribution in [3.05, 3.63) is 84.0 Å². The Morgan fingerprint density at radius 2 is 1.50 bits per heavy atom. The van der Waals surface area contributed by atoms with Crippen molar-refractivity contribution in [2.24, 2.45) is 0 Å². The number of rotatable bonds is 3. The third kappa shape index (κ3) is 2.62. The van der Waals surface area contributed by atoms with Crippen LogP contribution in [0, 0.1) is 0 Å². The highest BCUT2D eigenvalue weighted by Crippen LogP contribution is 2.21. The fraction of sp³-hybridized carbons (Fsp3) is 0.105. The van der Waals surface area contributed by atoms with E-state index in [1.807, 2.05) is 54.6 Å². The van der Waals surface area contributed by atoms with Crippen LogP contribution in [0.3, 0.4) is 0 Å². The molecule has 1 heteroatoms. The maximum atomic E-state index is 12.3. The first-order chi connectivity index (χ1) is 9.84. The van der Waals surface area contributed by atoms with Gasteiger partial charge in [-0.05, 0) is 24.0 Å². The van der Waals surface area contributed by atoms with Gasteiger partial charge in [0.25, 0.3) is 0 Å². The molecule has 0 unspecified atom stereocenters. The second-order valence-electron chi connectivity index (χ2n) is 4.91. The molecule has 0 heterocycles. The van der Waals surface area contributed by atoms with Crippen LogP contribution in [-0.4, -0.2) is 5.78 Å². The minimum absolute atomic E-state index is 0.112. The van der Waals surface area contributed by atoms with E-state index < -0.39 is 0 Å². The molecule has 1 aliphatic rings. The summed E-state index contributed by atoms with van der Waals surface area (Å²) in [5.41, 5.74) is 3.87. The summed E-state index contributed by atoms with van der Waals surface area (Å²) in [6.45, 7) is 0. The molecule has 0 saturated heterocycles. The summed E-state index contributed by atoms with van der Waals surface area (Å²) in [7, 11) is 0. The number of hydrogen-bond donors (Lipinski definition) is 0. The lowest BCUT2D eigenvalue weighted by atomic mass is 9.96. The topological polar surface area (TPSA) is 17.1 Å². The van der Waals surface area contributed by atoms with E-state index >= 15 is 0 Å². The molecule has 0 spiro atoms. The fourth-order valence-corrected chi connectivity index (χ4v) is 2.39. The van der Waals surface area contributed by atoms with Crippen LogP contribution in [0.4, 0.5) is 0 Å². The van der Waals surface area contributed by atoms with E-state index in [0.717, 1.165) is 29.5 Å². The first kappa shape index (κ1) is 12.6. The smallest absolute Gasteiger partial charge is 0.192 e. The van der Waals surface area contributed by atoms with Crippen molar-refractivity contribution in [3.8, 4) is 11.1 Å². The Balaban J connectivity index is 1.85. The van der Waals surface area contributed by atoms with Crippen LogP contribution in [0.1, 0.15) is 23.2 Å². The van der Waals surface area contributed by atoms with Crippen LogP contribution in [-0.2, 0) is 0 Å². The zero-order chi connectivity index (χ0) is 13.8. The summed E-state index contributed by atoms with van der Waals surface area (Å²) in [6, 6.07) is 18.0. The lowest BCUT2D eigenvalue weighted by Gasteiger charge is -2.07. The van der Waals surface area contributed by atoms with E-state index in [1.54, 1.807) is 0 Å². The van der Waals surface area contributed by atoms with Gasteiger partial charge in [-0.1, -0.05) is 72.8 Å². The molecule has 0 bridgehead atoms. The molecule has 0 atom stereocenters. The van der Waals surface area contributed by atoms with Crippen LogP contribution in [0.2, 0.25) is 0 Å². The highest BCUT2D eigenvalue weighted by atomic mass is 16.1. The SMILES string of the molecule is O=C(C1=CCCC=C1)c1ccc(-c2ccccc2)cc1. The monoisotopic (exact) mass is 260 g/mol. The fourth-order valence-electron chi connectivity index (χ4n) is 2.39. The van der Waals surface area contributed by atoms with Gasteiger partial charge in [-0.3, -0.25) is 4.79 Å². The molecule has 0 aliphatic heterocycles. The number of Topliss-reactive ketones (excluding diaryl/α,β-unsaturated/α-hetero) is 1. The number of ketones is 1. The highest BCUT2D eigenvalue weighted by molar-refractivity contribution is 6.10. The predicted octanol–water partition coefficient (Wildman–Crippen LogP) is 4.81. The summed E-state index contributed by atoms with van der Waals surface area (Å²) >= 11 is 0. The number of carbonyl (C=O) groups excluding carboxylic acids is 1. The summed E-state index contributed by atoms with van der Waals surface area (Å²) in [4.78, 5) is 12.3. The van der Waals surface area contributed by atoms with Crippen molar-refractivity contribution in [3.63, 3.8) is 0 Å². The average Bonchev–Trinajstić information content (AvgIpc) is 2.56. The van der Waals surface area contributed by atoms with Crippen molar-refractivity contribution in [2.45, 2.75) is 12.8 Å². The molecule has 1 nitrogen and oxygen atoms in total. The molecule has 0 fully saturated rings. The van der Waals surface area contributed by atoms with Gasteiger partial charge in [0.2, 0.25) is 0 Å². The largest absolute Gasteiger partial charge is 0.289 e. The molecule has 1 aliphatic carbocycles. The van der Waals surface area contributed by atoms with Crippen LogP contribution < -0.4 is 0 Å². The summed E-state index contributed by atoms with van der Waals surface area (Å²) < 4.78 is 0. The zero-order valence-corrected chi connectivity index (χ0v) is 11.3. The highest BCUT2D eigenvalue weighted by Gasteiger charge is 2.11. The first-order valence-electron chi connectivity index (χ1n) is 6.91. The molecule has 0 N–H and O–H groups in total. The Labute approximate surface area is 119 Å². The van der Waals surface area contributed by atoms with Gasteiger partial charge in [0.05, 0.1) is 0 Å². The number of carbonyl (C=O) groups is 1. The minimum Gasteiger partial charge on any atom is -0.289 e. The third-order valence-corrected chi connectivity index (χ3v) is 3.51. The van der Waals surface area contributed by atoms with Crippen LogP contribution >= 0.6 is 0 Å². The van der Waals surface area contributed by atoms with E-state index in [1.165, 1.54) is 5.56 Å². The number of benzene rings is 2. The van der Waals surface area contributed by atoms with Crippen molar-refractivity contribution in [2.75, 3.05) is 0 Å². The second kappa shape index (κ2) is 5.70. The van der Waals surface area contributed by atoms with Crippen LogP contribution in [0.25, 0.3) is 11.1 Å². The Morgan fingerprint density at radius 3 is 2.15 bits per heavy atom. The zero-order valence-electron chi connectivity index (χ0n) is 11.3. The van der Waals surface area contributed by atoms with Crippen molar-refractivity contribution in [1.29, 1.82) is 0 Å². The van der Waals surface area contributed by atoms with Gasteiger partial charge < -0.3 is 0 Å². The molecule has 3 rings (SSSR count). The molecular weight excluding hydrogens is 244 g/mol. The Bertz CT molecular complexity index is 661. The second-order valence-corrected chi connectivity index (χ2v) is 4.91. The number of hydrogen-bond acceptors (Lipinski definition) is 1. The van der Waals surface area contributed by atoms with E-state index in [2.05, 4.69) is 18.2 Å². The van der Waals surface area contributed by atoms with E-state index in [-0.39, 0.29) is 5.78 Å². The van der Waals surface area contributed by atoms with Crippen LogP contribution in [0.15, 0.2) is 78.4 Å². The molecule has 0 amide bonds. The summed E-state index contributed by atoms with van der Waals surface area (Å²) in [6.07, 6.45) is 8.00. The maximum Gasteiger partial charge on any atom is 0.192 e. The first-order valence-corrected chi connectivity index (χ1v) is 6.91. The van der Waals surface area contributed by atoms with Crippen LogP contribution in [0.5, 0.6) is 0 Å². The van der Waals surface area contributed by atoms with Crippen molar-refractivity contribution >= 4 is 5.78 Å².